The van der Waals surface area contributed by atoms with Gasteiger partial charge in [0.2, 0.25) is 0 Å². The van der Waals surface area contributed by atoms with Gasteiger partial charge in [0.15, 0.2) is 15.8 Å². The number of rotatable bonds is 9. The Bertz CT molecular complexity index is 1030. The van der Waals surface area contributed by atoms with E-state index < -0.39 is 21.2 Å². The van der Waals surface area contributed by atoms with Crippen molar-refractivity contribution in [2.24, 2.45) is 22.1 Å². The standard InChI is InChI=1S/C20H24BrF3N5O2S/c1-13(2)11-29(12-14(3)4)16-6-7-17(26-27-19-8-5-15(21)10-25-19)18(9-16)28-32(30,31)20(22,23)24/h5-10,13-14H,11-12H2,1-4H3/q-1. The van der Waals surface area contributed by atoms with Crippen molar-refractivity contribution < 1.29 is 21.6 Å². The van der Waals surface area contributed by atoms with Crippen LogP contribution < -0.4 is 4.90 Å². The van der Waals surface area contributed by atoms with E-state index in [0.29, 0.717) is 23.2 Å². The summed E-state index contributed by atoms with van der Waals surface area (Å²) in [5.41, 5.74) is -5.55. The predicted molar refractivity (Wildman–Crippen MR) is 122 cm³/mol. The van der Waals surface area contributed by atoms with Crippen molar-refractivity contribution >= 4 is 48.8 Å². The van der Waals surface area contributed by atoms with Crippen LogP contribution in [0.25, 0.3) is 4.72 Å². The highest BCUT2D eigenvalue weighted by molar-refractivity contribution is 9.10. The number of benzene rings is 1. The van der Waals surface area contributed by atoms with Crippen LogP contribution in [0.2, 0.25) is 0 Å². The van der Waals surface area contributed by atoms with E-state index in [4.69, 9.17) is 0 Å². The van der Waals surface area contributed by atoms with E-state index in [2.05, 4.69) is 35.9 Å². The maximum absolute atomic E-state index is 13.0. The Morgan fingerprint density at radius 1 is 1.06 bits per heavy atom. The molecular formula is C20H24BrF3N5O2S-. The number of halogens is 4. The zero-order valence-electron chi connectivity index (χ0n) is 18.0. The lowest BCUT2D eigenvalue weighted by Crippen LogP contribution is -2.31. The summed E-state index contributed by atoms with van der Waals surface area (Å²) in [6.45, 7) is 9.32. The Kier molecular flexibility index (Phi) is 8.63. The fourth-order valence-corrected chi connectivity index (χ4v) is 3.49. The molecule has 0 aliphatic heterocycles. The highest BCUT2D eigenvalue weighted by Gasteiger charge is 2.39. The molecule has 176 valence electrons. The SMILES string of the molecule is CC(C)CN(CC(C)C)c1ccc(N=Nc2ccc(Br)cn2)c([N-]S(=O)(=O)C(F)(F)F)c1. The summed E-state index contributed by atoms with van der Waals surface area (Å²) < 4.78 is 66.1. The second-order valence-electron chi connectivity index (χ2n) is 7.91. The van der Waals surface area contributed by atoms with Gasteiger partial charge >= 0.3 is 5.51 Å². The van der Waals surface area contributed by atoms with Gasteiger partial charge in [0.25, 0.3) is 0 Å². The molecule has 2 rings (SSSR count). The molecule has 1 aromatic carbocycles. The molecular weight excluding hydrogens is 511 g/mol. The van der Waals surface area contributed by atoms with Crippen molar-refractivity contribution in [3.8, 4) is 0 Å². The zero-order chi connectivity index (χ0) is 24.1. The summed E-state index contributed by atoms with van der Waals surface area (Å²) in [5.74, 6) is 0.745. The highest BCUT2D eigenvalue weighted by Crippen LogP contribution is 2.42. The van der Waals surface area contributed by atoms with E-state index in [9.17, 15) is 21.6 Å². The molecule has 0 bridgehead atoms. The Morgan fingerprint density at radius 2 is 1.69 bits per heavy atom. The van der Waals surface area contributed by atoms with E-state index >= 15 is 0 Å². The number of sulfonamides is 1. The van der Waals surface area contributed by atoms with Gasteiger partial charge in [-0.1, -0.05) is 39.4 Å². The van der Waals surface area contributed by atoms with Gasteiger partial charge in [-0.2, -0.15) is 18.3 Å². The number of anilines is 1. The average Bonchev–Trinajstić information content (AvgIpc) is 2.66. The van der Waals surface area contributed by atoms with Crippen LogP contribution >= 0.6 is 15.9 Å². The van der Waals surface area contributed by atoms with E-state index in [1.165, 1.54) is 24.4 Å². The van der Waals surface area contributed by atoms with Gasteiger partial charge in [0.05, 0.1) is 5.69 Å². The summed E-state index contributed by atoms with van der Waals surface area (Å²) in [7, 11) is -5.77. The van der Waals surface area contributed by atoms with E-state index in [0.717, 1.165) is 0 Å². The zero-order valence-corrected chi connectivity index (χ0v) is 20.4. The number of alkyl halides is 3. The summed E-state index contributed by atoms with van der Waals surface area (Å²) in [4.78, 5) is 5.98. The van der Waals surface area contributed by atoms with Gasteiger partial charge in [0, 0.05) is 29.4 Å². The molecule has 0 unspecified atom stereocenters. The monoisotopic (exact) mass is 534 g/mol. The van der Waals surface area contributed by atoms with Crippen LogP contribution in [0.15, 0.2) is 51.2 Å². The lowest BCUT2D eigenvalue weighted by Gasteiger charge is -2.31. The van der Waals surface area contributed by atoms with Gasteiger partial charge < -0.3 is 9.62 Å². The minimum atomic E-state index is -5.77. The van der Waals surface area contributed by atoms with Crippen molar-refractivity contribution in [2.75, 3.05) is 18.0 Å². The Balaban J connectivity index is 2.51. The number of azo groups is 1. The number of pyridine rings is 1. The lowest BCUT2D eigenvalue weighted by atomic mass is 10.1. The first-order valence-electron chi connectivity index (χ1n) is 9.75. The van der Waals surface area contributed by atoms with Crippen LogP contribution in [0.4, 0.5) is 36.1 Å². The van der Waals surface area contributed by atoms with Gasteiger partial charge in [0.1, 0.15) is 0 Å². The maximum Gasteiger partial charge on any atom is 0.483 e. The first-order valence-corrected chi connectivity index (χ1v) is 12.0. The highest BCUT2D eigenvalue weighted by atomic mass is 79.9. The molecule has 7 nitrogen and oxygen atoms in total. The lowest BCUT2D eigenvalue weighted by molar-refractivity contribution is -0.0425. The average molecular weight is 535 g/mol. The topological polar surface area (TPSA) is 89.1 Å². The number of hydrogen-bond acceptors (Lipinski definition) is 6. The van der Waals surface area contributed by atoms with Crippen LogP contribution in [-0.2, 0) is 10.0 Å². The summed E-state index contributed by atoms with van der Waals surface area (Å²) in [6, 6.07) is 7.55. The molecule has 0 atom stereocenters. The van der Waals surface area contributed by atoms with Crippen molar-refractivity contribution in [3.63, 3.8) is 0 Å². The van der Waals surface area contributed by atoms with E-state index in [1.807, 2.05) is 32.6 Å². The summed E-state index contributed by atoms with van der Waals surface area (Å²) in [6.07, 6.45) is 1.48. The Morgan fingerprint density at radius 3 is 2.19 bits per heavy atom. The molecule has 32 heavy (non-hydrogen) atoms. The van der Waals surface area contributed by atoms with Gasteiger partial charge in [-0.15, -0.1) is 5.11 Å². The molecule has 0 amide bonds. The number of hydrogen-bond donors (Lipinski definition) is 0. The first-order chi connectivity index (χ1) is 14.8. The molecule has 0 spiro atoms. The normalized spacial score (nSPS) is 12.7. The maximum atomic E-state index is 13.0. The summed E-state index contributed by atoms with van der Waals surface area (Å²) >= 11 is 3.23. The number of nitrogens with zero attached hydrogens (tertiary/aromatic N) is 5. The molecule has 0 saturated heterocycles. The Hall–Kier alpha value is -2.21. The molecule has 0 saturated carbocycles. The first kappa shape index (κ1) is 26.0. The van der Waals surface area contributed by atoms with E-state index in [1.54, 1.807) is 12.1 Å². The fourth-order valence-electron chi connectivity index (χ4n) is 2.75. The summed E-state index contributed by atoms with van der Waals surface area (Å²) in [5, 5.41) is 7.78. The van der Waals surface area contributed by atoms with Gasteiger partial charge in [-0.25, -0.2) is 13.4 Å². The largest absolute Gasteiger partial charge is 0.568 e. The minimum Gasteiger partial charge on any atom is -0.568 e. The van der Waals surface area contributed by atoms with Gasteiger partial charge in [-0.05, 0) is 52.0 Å². The molecule has 0 radical (unpaired) electrons. The molecule has 1 heterocycles. The fraction of sp³-hybridized carbons (Fsp3) is 0.450. The van der Waals surface area contributed by atoms with Crippen LogP contribution in [-0.4, -0.2) is 32.0 Å². The second kappa shape index (κ2) is 10.6. The molecule has 12 heteroatoms. The molecule has 2 aromatic rings. The third-order valence-electron chi connectivity index (χ3n) is 3.98. The quantitative estimate of drug-likeness (QED) is 0.317. The molecule has 0 fully saturated rings. The molecule has 0 aliphatic rings. The van der Waals surface area contributed by atoms with Crippen LogP contribution in [0.1, 0.15) is 27.7 Å². The van der Waals surface area contributed by atoms with Crippen molar-refractivity contribution in [2.45, 2.75) is 33.2 Å². The number of aromatic nitrogens is 1. The minimum absolute atomic E-state index is 0.125. The second-order valence-corrected chi connectivity index (χ2v) is 10.4. The molecule has 0 N–H and O–H groups in total. The Labute approximate surface area is 194 Å². The van der Waals surface area contributed by atoms with Gasteiger partial charge in [-0.3, -0.25) is 0 Å². The molecule has 0 aliphatic carbocycles. The third-order valence-corrected chi connectivity index (χ3v) is 5.47. The predicted octanol–water partition coefficient (Wildman–Crippen LogP) is 7.23. The molecule has 1 aromatic heterocycles. The third kappa shape index (κ3) is 7.44. The van der Waals surface area contributed by atoms with Crippen LogP contribution in [0.5, 0.6) is 0 Å². The van der Waals surface area contributed by atoms with Crippen molar-refractivity contribution in [3.05, 3.63) is 45.7 Å². The van der Waals surface area contributed by atoms with Crippen LogP contribution in [0.3, 0.4) is 0 Å². The van der Waals surface area contributed by atoms with Crippen LogP contribution in [0, 0.1) is 11.8 Å². The van der Waals surface area contributed by atoms with Crippen molar-refractivity contribution in [1.82, 2.24) is 4.98 Å². The smallest absolute Gasteiger partial charge is 0.483 e. The van der Waals surface area contributed by atoms with E-state index in [-0.39, 0.29) is 23.3 Å². The van der Waals surface area contributed by atoms with Crippen molar-refractivity contribution in [1.29, 1.82) is 0 Å².